The normalized spacial score (nSPS) is 10.7. The number of esters is 2. The second-order valence-corrected chi connectivity index (χ2v) is 5.90. The predicted molar refractivity (Wildman–Crippen MR) is 100 cm³/mol. The molecule has 2 aromatic rings. The molecule has 8 heteroatoms. The van der Waals surface area contributed by atoms with Gasteiger partial charge in [-0.1, -0.05) is 29.3 Å². The highest BCUT2D eigenvalue weighted by atomic mass is 35.5. The number of rotatable bonds is 5. The maximum Gasteiger partial charge on any atom is 0.348 e. The van der Waals surface area contributed by atoms with Crippen molar-refractivity contribution in [3.8, 4) is 17.6 Å². The molecule has 0 radical (unpaired) electrons. The Balaban J connectivity index is 2.29. The third-order valence-electron chi connectivity index (χ3n) is 3.38. The van der Waals surface area contributed by atoms with Crippen LogP contribution in [0, 0.1) is 11.3 Å². The van der Waals surface area contributed by atoms with E-state index in [0.717, 1.165) is 0 Å². The lowest BCUT2D eigenvalue weighted by Gasteiger charge is -2.10. The molecule has 0 saturated heterocycles. The van der Waals surface area contributed by atoms with Crippen molar-refractivity contribution in [2.45, 2.75) is 0 Å². The molecular weight excluding hydrogens is 393 g/mol. The average molecular weight is 406 g/mol. The number of hydrogen-bond donors (Lipinski definition) is 0. The first kappa shape index (κ1) is 20.3. The Bertz CT molecular complexity index is 963. The number of carbonyl (C=O) groups excluding carboxylic acids is 2. The van der Waals surface area contributed by atoms with Crippen molar-refractivity contribution < 1.29 is 23.8 Å². The van der Waals surface area contributed by atoms with Gasteiger partial charge in [-0.2, -0.15) is 5.26 Å². The number of carbonyl (C=O) groups is 2. The number of halogens is 2. The van der Waals surface area contributed by atoms with E-state index in [4.69, 9.17) is 37.9 Å². The molecule has 0 N–H and O–H groups in total. The zero-order valence-electron chi connectivity index (χ0n) is 14.3. The fraction of sp³-hybridized carbons (Fsp3) is 0.105. The van der Waals surface area contributed by atoms with Gasteiger partial charge in [-0.3, -0.25) is 0 Å². The van der Waals surface area contributed by atoms with E-state index in [1.165, 1.54) is 50.6 Å². The van der Waals surface area contributed by atoms with Crippen LogP contribution >= 0.6 is 23.2 Å². The van der Waals surface area contributed by atoms with E-state index in [-0.39, 0.29) is 27.7 Å². The van der Waals surface area contributed by atoms with Gasteiger partial charge < -0.3 is 14.2 Å². The molecule has 0 aliphatic rings. The molecule has 0 heterocycles. The summed E-state index contributed by atoms with van der Waals surface area (Å²) in [7, 11) is 2.57. The second-order valence-electron chi connectivity index (χ2n) is 5.09. The lowest BCUT2D eigenvalue weighted by atomic mass is 10.1. The molecular formula is C19H13Cl2NO5. The molecule has 2 rings (SSSR count). The molecule has 2 aromatic carbocycles. The highest BCUT2D eigenvalue weighted by Gasteiger charge is 2.15. The van der Waals surface area contributed by atoms with E-state index in [0.29, 0.717) is 10.6 Å². The minimum absolute atomic E-state index is 0.155. The van der Waals surface area contributed by atoms with E-state index in [1.807, 2.05) is 0 Å². The summed E-state index contributed by atoms with van der Waals surface area (Å²) >= 11 is 11.7. The van der Waals surface area contributed by atoms with Gasteiger partial charge in [0.25, 0.3) is 0 Å². The molecule has 0 aromatic heterocycles. The fourth-order valence-corrected chi connectivity index (χ4v) is 2.35. The zero-order valence-corrected chi connectivity index (χ0v) is 15.8. The number of ether oxygens (including phenoxy) is 3. The molecule has 0 bridgehead atoms. The molecule has 0 spiro atoms. The number of hydrogen-bond acceptors (Lipinski definition) is 6. The Morgan fingerprint density at radius 1 is 1.04 bits per heavy atom. The topological polar surface area (TPSA) is 85.6 Å². The third-order valence-corrected chi connectivity index (χ3v) is 4.12. The van der Waals surface area contributed by atoms with Gasteiger partial charge in [0.1, 0.15) is 11.6 Å². The third kappa shape index (κ3) is 5.00. The summed E-state index contributed by atoms with van der Waals surface area (Å²) in [5.41, 5.74) is 0.524. The maximum absolute atomic E-state index is 12.3. The molecule has 0 aliphatic carbocycles. The first-order chi connectivity index (χ1) is 12.9. The monoisotopic (exact) mass is 405 g/mol. The standard InChI is InChI=1S/C19H13Cl2NO5/c1-25-17-8-11(7-13(10-22)18(23)26-2)3-6-16(17)27-19(24)12-4-5-14(20)15(21)9-12/h3-9H,1-2H3/b13-7+. The van der Waals surface area contributed by atoms with Crippen LogP contribution in [0.1, 0.15) is 15.9 Å². The molecule has 138 valence electrons. The lowest BCUT2D eigenvalue weighted by Crippen LogP contribution is -2.09. The van der Waals surface area contributed by atoms with Crippen LogP contribution in [0.25, 0.3) is 6.08 Å². The first-order valence-electron chi connectivity index (χ1n) is 7.45. The summed E-state index contributed by atoms with van der Waals surface area (Å²) in [4.78, 5) is 23.8. The van der Waals surface area contributed by atoms with Crippen LogP contribution in [0.3, 0.4) is 0 Å². The van der Waals surface area contributed by atoms with Crippen LogP contribution in [0.4, 0.5) is 0 Å². The van der Waals surface area contributed by atoms with E-state index >= 15 is 0 Å². The molecule has 0 fully saturated rings. The van der Waals surface area contributed by atoms with Crippen molar-refractivity contribution in [3.63, 3.8) is 0 Å². The zero-order chi connectivity index (χ0) is 20.0. The summed E-state index contributed by atoms with van der Waals surface area (Å²) < 4.78 is 15.1. The number of nitriles is 1. The quantitative estimate of drug-likeness (QED) is 0.319. The molecule has 0 atom stereocenters. The van der Waals surface area contributed by atoms with Crippen molar-refractivity contribution in [2.75, 3.05) is 14.2 Å². The molecule has 0 unspecified atom stereocenters. The van der Waals surface area contributed by atoms with Gasteiger partial charge in [0.05, 0.1) is 29.8 Å². The Labute approximate surface area is 165 Å². The van der Waals surface area contributed by atoms with E-state index in [1.54, 1.807) is 12.1 Å². The summed E-state index contributed by atoms with van der Waals surface area (Å²) in [5, 5.41) is 9.56. The van der Waals surface area contributed by atoms with E-state index < -0.39 is 11.9 Å². The minimum atomic E-state index is -0.758. The SMILES string of the molecule is COC(=O)/C(C#N)=C/c1ccc(OC(=O)c2ccc(Cl)c(Cl)c2)c(OC)c1. The lowest BCUT2D eigenvalue weighted by molar-refractivity contribution is -0.135. The van der Waals surface area contributed by atoms with Crippen molar-refractivity contribution in [1.82, 2.24) is 0 Å². The van der Waals surface area contributed by atoms with Gasteiger partial charge in [0, 0.05) is 0 Å². The van der Waals surface area contributed by atoms with Gasteiger partial charge in [-0.15, -0.1) is 0 Å². The van der Waals surface area contributed by atoms with Crippen LogP contribution in [0.5, 0.6) is 11.5 Å². The van der Waals surface area contributed by atoms with Gasteiger partial charge in [0.2, 0.25) is 0 Å². The summed E-state index contributed by atoms with van der Waals surface area (Å²) in [6.45, 7) is 0. The van der Waals surface area contributed by atoms with Gasteiger partial charge in [0.15, 0.2) is 11.5 Å². The highest BCUT2D eigenvalue weighted by Crippen LogP contribution is 2.30. The summed E-state index contributed by atoms with van der Waals surface area (Å²) in [6.07, 6.45) is 1.33. The van der Waals surface area contributed by atoms with Gasteiger partial charge in [-0.25, -0.2) is 9.59 Å². The van der Waals surface area contributed by atoms with Gasteiger partial charge >= 0.3 is 11.9 Å². The average Bonchev–Trinajstić information content (AvgIpc) is 2.68. The van der Waals surface area contributed by atoms with Crippen molar-refractivity contribution in [3.05, 3.63) is 63.1 Å². The Hall–Kier alpha value is -3.01. The molecule has 27 heavy (non-hydrogen) atoms. The van der Waals surface area contributed by atoms with E-state index in [2.05, 4.69) is 4.74 Å². The predicted octanol–water partition coefficient (Wildman–Crippen LogP) is 4.30. The van der Waals surface area contributed by atoms with Crippen molar-refractivity contribution >= 4 is 41.2 Å². The van der Waals surface area contributed by atoms with Crippen LogP contribution in [0.2, 0.25) is 10.0 Å². The first-order valence-corrected chi connectivity index (χ1v) is 8.20. The molecule has 0 saturated carbocycles. The Morgan fingerprint density at radius 2 is 1.78 bits per heavy atom. The van der Waals surface area contributed by atoms with Crippen LogP contribution in [0.15, 0.2) is 42.0 Å². The summed E-state index contributed by atoms with van der Waals surface area (Å²) in [6, 6.07) is 10.7. The molecule has 0 amide bonds. The Morgan fingerprint density at radius 3 is 2.37 bits per heavy atom. The minimum Gasteiger partial charge on any atom is -0.493 e. The maximum atomic E-state index is 12.3. The second kappa shape index (κ2) is 9.08. The largest absolute Gasteiger partial charge is 0.493 e. The number of nitrogens with zero attached hydrogens (tertiary/aromatic N) is 1. The highest BCUT2D eigenvalue weighted by molar-refractivity contribution is 6.42. The fourth-order valence-electron chi connectivity index (χ4n) is 2.05. The van der Waals surface area contributed by atoms with Crippen LogP contribution < -0.4 is 9.47 Å². The van der Waals surface area contributed by atoms with Crippen molar-refractivity contribution in [2.24, 2.45) is 0 Å². The number of methoxy groups -OCH3 is 2. The molecule has 0 aliphatic heterocycles. The van der Waals surface area contributed by atoms with Gasteiger partial charge in [-0.05, 0) is 42.0 Å². The smallest absolute Gasteiger partial charge is 0.348 e. The molecule has 6 nitrogen and oxygen atoms in total. The summed E-state index contributed by atoms with van der Waals surface area (Å²) in [5.74, 6) is -1.02. The van der Waals surface area contributed by atoms with Crippen molar-refractivity contribution in [1.29, 1.82) is 5.26 Å². The van der Waals surface area contributed by atoms with E-state index in [9.17, 15) is 9.59 Å². The Kier molecular flexibility index (Phi) is 6.83. The van der Waals surface area contributed by atoms with Crippen LogP contribution in [-0.2, 0) is 9.53 Å². The number of benzene rings is 2. The van der Waals surface area contributed by atoms with Crippen LogP contribution in [-0.4, -0.2) is 26.2 Å².